The third-order valence-electron chi connectivity index (χ3n) is 5.73. The summed E-state index contributed by atoms with van der Waals surface area (Å²) >= 11 is 0. The highest BCUT2D eigenvalue weighted by Gasteiger charge is 2.39. The molecule has 12 nitrogen and oxygen atoms in total. The van der Waals surface area contributed by atoms with Gasteiger partial charge in [0.05, 0.1) is 29.5 Å². The molecule has 184 valence electrons. The Morgan fingerprint density at radius 1 is 1.31 bits per heavy atom. The zero-order valence-electron chi connectivity index (χ0n) is 18.5. The molecule has 36 heavy (non-hydrogen) atoms. The van der Waals surface area contributed by atoms with E-state index in [0.29, 0.717) is 23.4 Å². The van der Waals surface area contributed by atoms with Gasteiger partial charge in [0.2, 0.25) is 0 Å². The highest BCUT2D eigenvalue weighted by atomic mass is 19.4. The molecule has 1 atom stereocenters. The fraction of sp³-hybridized carbons (Fsp3) is 0.238. The van der Waals surface area contributed by atoms with Gasteiger partial charge in [0.25, 0.3) is 5.89 Å². The summed E-state index contributed by atoms with van der Waals surface area (Å²) in [6, 6.07) is 3.19. The Morgan fingerprint density at radius 2 is 2.17 bits per heavy atom. The number of imidazole rings is 1. The number of hydrogen-bond acceptors (Lipinski definition) is 8. The molecule has 15 heteroatoms. The number of carbonyl (C=O) groups is 1. The van der Waals surface area contributed by atoms with Crippen LogP contribution in [0.2, 0.25) is 0 Å². The standard InChI is InChI=1S/C21H16F3N9O3/c1-31-9-11(8-27-31)18-28-29-19(35-18)20(34)32-6-4-12-16(26-10-25-12)17(32)13-7-14-15(36-21(22,23)24)3-2-5-33(14)30-13/h2-3,5,7-10,17H,4,6H2,1H3,(H,25,26)/t17-/m0/s1. The molecular weight excluding hydrogens is 483 g/mol. The second-order valence-electron chi connectivity index (χ2n) is 8.05. The van der Waals surface area contributed by atoms with E-state index >= 15 is 0 Å². The van der Waals surface area contributed by atoms with Crippen LogP contribution in [0.3, 0.4) is 0 Å². The molecule has 0 fully saturated rings. The first-order valence-electron chi connectivity index (χ1n) is 10.7. The zero-order chi connectivity index (χ0) is 25.0. The van der Waals surface area contributed by atoms with Gasteiger partial charge in [0.15, 0.2) is 5.75 Å². The molecule has 0 unspecified atom stereocenters. The van der Waals surface area contributed by atoms with Crippen LogP contribution in [0.1, 0.15) is 33.8 Å². The molecule has 0 aromatic carbocycles. The van der Waals surface area contributed by atoms with Gasteiger partial charge >= 0.3 is 18.2 Å². The number of H-pyrrole nitrogens is 1. The largest absolute Gasteiger partial charge is 0.573 e. The lowest BCUT2D eigenvalue weighted by atomic mass is 9.99. The van der Waals surface area contributed by atoms with Crippen LogP contribution in [0.15, 0.2) is 47.5 Å². The molecule has 0 spiro atoms. The first-order valence-corrected chi connectivity index (χ1v) is 10.7. The highest BCUT2D eigenvalue weighted by Crippen LogP contribution is 2.36. The summed E-state index contributed by atoms with van der Waals surface area (Å²) in [6.07, 6.45) is 1.76. The predicted octanol–water partition coefficient (Wildman–Crippen LogP) is 2.53. The lowest BCUT2D eigenvalue weighted by molar-refractivity contribution is -0.274. The van der Waals surface area contributed by atoms with Crippen LogP contribution in [0.5, 0.6) is 5.75 Å². The third kappa shape index (κ3) is 3.73. The average molecular weight is 499 g/mol. The van der Waals surface area contributed by atoms with Gasteiger partial charge in [-0.15, -0.1) is 23.4 Å². The minimum Gasteiger partial charge on any atom is -0.412 e. The Labute approximate surface area is 199 Å². The maximum atomic E-state index is 13.5. The van der Waals surface area contributed by atoms with Crippen molar-refractivity contribution in [3.05, 3.63) is 66.1 Å². The summed E-state index contributed by atoms with van der Waals surface area (Å²) < 4.78 is 51.4. The molecule has 6 heterocycles. The minimum absolute atomic E-state index is 0.0801. The molecule has 1 aliphatic heterocycles. The molecule has 1 N–H and O–H groups in total. The number of fused-ring (bicyclic) bond motifs is 2. The highest BCUT2D eigenvalue weighted by molar-refractivity contribution is 5.90. The SMILES string of the molecule is Cn1cc(-c2nnc(C(=O)N3CCc4[nH]cnc4[C@@H]3c3cc4c(OC(F)(F)F)cccn4n3)o2)cn1. The third-order valence-corrected chi connectivity index (χ3v) is 5.73. The first kappa shape index (κ1) is 21.8. The molecule has 0 saturated carbocycles. The quantitative estimate of drug-likeness (QED) is 0.399. The monoisotopic (exact) mass is 499 g/mol. The number of rotatable bonds is 4. The number of alkyl halides is 3. The second kappa shape index (κ2) is 7.93. The molecule has 0 bridgehead atoms. The summed E-state index contributed by atoms with van der Waals surface area (Å²) in [5, 5.41) is 16.3. The van der Waals surface area contributed by atoms with E-state index in [1.807, 2.05) is 0 Å². The molecule has 5 aromatic rings. The molecule has 0 aliphatic carbocycles. The normalized spacial score (nSPS) is 15.9. The Morgan fingerprint density at radius 3 is 2.94 bits per heavy atom. The van der Waals surface area contributed by atoms with Gasteiger partial charge in [-0.25, -0.2) is 9.50 Å². The zero-order valence-corrected chi connectivity index (χ0v) is 18.5. The number of nitrogens with zero attached hydrogens (tertiary/aromatic N) is 8. The fourth-order valence-electron chi connectivity index (χ4n) is 4.23. The summed E-state index contributed by atoms with van der Waals surface area (Å²) in [6.45, 7) is 0.253. The van der Waals surface area contributed by atoms with Gasteiger partial charge in [0, 0.05) is 38.1 Å². The number of nitrogens with one attached hydrogen (secondary N) is 1. The minimum atomic E-state index is -4.88. The van der Waals surface area contributed by atoms with E-state index in [0.717, 1.165) is 5.69 Å². The Balaban J connectivity index is 1.40. The topological polar surface area (TPSA) is 132 Å². The number of ether oxygens (including phenoxy) is 1. The molecular formula is C21H16F3N9O3. The Hall–Kier alpha value is -4.69. The van der Waals surface area contributed by atoms with Crippen LogP contribution in [0, 0.1) is 0 Å². The van der Waals surface area contributed by atoms with Crippen molar-refractivity contribution in [2.75, 3.05) is 6.54 Å². The van der Waals surface area contributed by atoms with E-state index in [-0.39, 0.29) is 23.8 Å². The van der Waals surface area contributed by atoms with E-state index in [1.165, 1.54) is 46.3 Å². The van der Waals surface area contributed by atoms with Crippen LogP contribution < -0.4 is 4.74 Å². The van der Waals surface area contributed by atoms with Crippen molar-refractivity contribution in [2.45, 2.75) is 18.8 Å². The van der Waals surface area contributed by atoms with Crippen molar-refractivity contribution >= 4 is 11.4 Å². The maximum Gasteiger partial charge on any atom is 0.573 e. The first-order chi connectivity index (χ1) is 17.3. The predicted molar refractivity (Wildman–Crippen MR) is 114 cm³/mol. The second-order valence-corrected chi connectivity index (χ2v) is 8.05. The Bertz CT molecular complexity index is 1580. The van der Waals surface area contributed by atoms with Gasteiger partial charge in [-0.05, 0) is 18.2 Å². The van der Waals surface area contributed by atoms with Gasteiger partial charge < -0.3 is 19.0 Å². The molecule has 0 saturated heterocycles. The summed E-state index contributed by atoms with van der Waals surface area (Å²) in [4.78, 5) is 22.4. The number of amides is 1. The van der Waals surface area contributed by atoms with Crippen LogP contribution in [0.4, 0.5) is 13.2 Å². The number of aromatic nitrogens is 8. The average Bonchev–Trinajstić information content (AvgIpc) is 3.62. The number of hydrogen-bond donors (Lipinski definition) is 1. The van der Waals surface area contributed by atoms with Crippen LogP contribution in [0.25, 0.3) is 17.0 Å². The number of pyridine rings is 1. The van der Waals surface area contributed by atoms with Crippen molar-refractivity contribution in [1.82, 2.24) is 44.5 Å². The smallest absolute Gasteiger partial charge is 0.412 e. The Kier molecular flexibility index (Phi) is 4.80. The van der Waals surface area contributed by atoms with Crippen molar-refractivity contribution in [1.29, 1.82) is 0 Å². The van der Waals surface area contributed by atoms with E-state index in [4.69, 9.17) is 4.42 Å². The molecule has 1 aliphatic rings. The van der Waals surface area contributed by atoms with Gasteiger partial charge in [-0.1, -0.05) is 0 Å². The van der Waals surface area contributed by atoms with Gasteiger partial charge in [-0.2, -0.15) is 10.2 Å². The summed E-state index contributed by atoms with van der Waals surface area (Å²) in [5.74, 6) is -1.11. The fourth-order valence-corrected chi connectivity index (χ4v) is 4.23. The molecule has 0 radical (unpaired) electrons. The van der Waals surface area contributed by atoms with Crippen molar-refractivity contribution in [3.63, 3.8) is 0 Å². The van der Waals surface area contributed by atoms with Gasteiger partial charge in [-0.3, -0.25) is 9.48 Å². The maximum absolute atomic E-state index is 13.5. The lowest BCUT2D eigenvalue weighted by Gasteiger charge is -2.32. The van der Waals surface area contributed by atoms with Crippen molar-refractivity contribution in [3.8, 4) is 17.2 Å². The molecule has 6 rings (SSSR count). The van der Waals surface area contributed by atoms with E-state index in [1.54, 1.807) is 17.9 Å². The van der Waals surface area contributed by atoms with E-state index < -0.39 is 24.1 Å². The van der Waals surface area contributed by atoms with E-state index in [2.05, 4.69) is 35.1 Å². The lowest BCUT2D eigenvalue weighted by Crippen LogP contribution is -2.41. The van der Waals surface area contributed by atoms with E-state index in [9.17, 15) is 18.0 Å². The van der Waals surface area contributed by atoms with Crippen molar-refractivity contribution in [2.24, 2.45) is 7.05 Å². The summed E-state index contributed by atoms with van der Waals surface area (Å²) in [5.41, 5.74) is 2.22. The molecule has 5 aromatic heterocycles. The number of aryl methyl sites for hydroxylation is 1. The number of halogens is 3. The number of carbonyl (C=O) groups excluding carboxylic acids is 1. The molecule has 1 amide bonds. The van der Waals surface area contributed by atoms with Crippen LogP contribution in [-0.4, -0.2) is 63.3 Å². The summed E-state index contributed by atoms with van der Waals surface area (Å²) in [7, 11) is 1.73. The van der Waals surface area contributed by atoms with Crippen LogP contribution >= 0.6 is 0 Å². The number of aromatic amines is 1. The van der Waals surface area contributed by atoms with Crippen molar-refractivity contribution < 1.29 is 27.1 Å². The van der Waals surface area contributed by atoms with Gasteiger partial charge in [0.1, 0.15) is 11.6 Å². The van der Waals surface area contributed by atoms with Crippen LogP contribution in [-0.2, 0) is 13.5 Å².